The molecule has 5 heteroatoms. The first kappa shape index (κ1) is 15.0. The van der Waals surface area contributed by atoms with Gasteiger partial charge in [-0.1, -0.05) is 6.07 Å². The highest BCUT2D eigenvalue weighted by Crippen LogP contribution is 2.31. The van der Waals surface area contributed by atoms with Crippen LogP contribution < -0.4 is 14.8 Å². The van der Waals surface area contributed by atoms with Gasteiger partial charge in [-0.05, 0) is 37.8 Å². The van der Waals surface area contributed by atoms with E-state index in [0.29, 0.717) is 17.1 Å². The highest BCUT2D eigenvalue weighted by atomic mass is 35.5. The van der Waals surface area contributed by atoms with Crippen LogP contribution in [0.5, 0.6) is 11.5 Å². The molecular weight excluding hydrogens is 278 g/mol. The lowest BCUT2D eigenvalue weighted by molar-refractivity contribution is 0.0924. The van der Waals surface area contributed by atoms with Crippen molar-refractivity contribution in [3.05, 3.63) is 23.8 Å². The first-order valence-electron chi connectivity index (χ1n) is 6.81. The van der Waals surface area contributed by atoms with Gasteiger partial charge in [0.25, 0.3) is 5.91 Å². The highest BCUT2D eigenvalue weighted by Gasteiger charge is 2.23. The standard InChI is InChI=1S/C15H20ClNO3/c1-19-13-5-3-4-12(14(13)20-2)15(18)17-11-8-6-10(16)7-9-11/h3-5,10-11H,6-9H2,1-2H3,(H,17,18). The molecule has 0 bridgehead atoms. The second kappa shape index (κ2) is 6.84. The molecule has 1 amide bonds. The van der Waals surface area contributed by atoms with Crippen molar-refractivity contribution in [1.82, 2.24) is 5.32 Å². The third kappa shape index (κ3) is 3.37. The molecule has 0 atom stereocenters. The molecule has 0 unspecified atom stereocenters. The minimum absolute atomic E-state index is 0.126. The van der Waals surface area contributed by atoms with Crippen molar-refractivity contribution >= 4 is 17.5 Å². The van der Waals surface area contributed by atoms with E-state index in [2.05, 4.69) is 5.32 Å². The number of carbonyl (C=O) groups is 1. The molecule has 1 aliphatic carbocycles. The average Bonchev–Trinajstić information content (AvgIpc) is 2.48. The van der Waals surface area contributed by atoms with E-state index in [1.165, 1.54) is 7.11 Å². The Morgan fingerprint density at radius 3 is 2.50 bits per heavy atom. The molecule has 1 saturated carbocycles. The van der Waals surface area contributed by atoms with E-state index in [1.54, 1.807) is 25.3 Å². The normalized spacial score (nSPS) is 22.1. The average molecular weight is 298 g/mol. The van der Waals surface area contributed by atoms with Crippen molar-refractivity contribution in [3.63, 3.8) is 0 Å². The van der Waals surface area contributed by atoms with Crippen LogP contribution in [0.4, 0.5) is 0 Å². The van der Waals surface area contributed by atoms with E-state index in [-0.39, 0.29) is 17.3 Å². The number of alkyl halides is 1. The van der Waals surface area contributed by atoms with Gasteiger partial charge < -0.3 is 14.8 Å². The van der Waals surface area contributed by atoms with E-state index in [9.17, 15) is 4.79 Å². The van der Waals surface area contributed by atoms with Crippen molar-refractivity contribution in [2.45, 2.75) is 37.1 Å². The van der Waals surface area contributed by atoms with Gasteiger partial charge >= 0.3 is 0 Å². The van der Waals surface area contributed by atoms with E-state index >= 15 is 0 Å². The summed E-state index contributed by atoms with van der Waals surface area (Å²) in [6, 6.07) is 5.48. The second-order valence-corrected chi connectivity index (χ2v) is 5.58. The molecule has 0 radical (unpaired) electrons. The quantitative estimate of drug-likeness (QED) is 0.869. The molecule has 0 aromatic heterocycles. The predicted molar refractivity (Wildman–Crippen MR) is 78.9 cm³/mol. The van der Waals surface area contributed by atoms with Crippen LogP contribution in [0.2, 0.25) is 0 Å². The van der Waals surface area contributed by atoms with E-state index in [1.807, 2.05) is 0 Å². The zero-order chi connectivity index (χ0) is 14.5. The summed E-state index contributed by atoms with van der Waals surface area (Å²) in [5.41, 5.74) is 0.500. The number of hydrogen-bond acceptors (Lipinski definition) is 3. The Morgan fingerprint density at radius 2 is 1.90 bits per heavy atom. The second-order valence-electron chi connectivity index (χ2n) is 4.96. The van der Waals surface area contributed by atoms with E-state index in [0.717, 1.165) is 25.7 Å². The van der Waals surface area contributed by atoms with E-state index < -0.39 is 0 Å². The molecule has 1 fully saturated rings. The van der Waals surface area contributed by atoms with Crippen LogP contribution in [0.3, 0.4) is 0 Å². The Labute approximate surface area is 124 Å². The molecule has 1 N–H and O–H groups in total. The summed E-state index contributed by atoms with van der Waals surface area (Å²) in [6.07, 6.45) is 3.74. The largest absolute Gasteiger partial charge is 0.493 e. The summed E-state index contributed by atoms with van der Waals surface area (Å²) in [5.74, 6) is 0.905. The number of amides is 1. The van der Waals surface area contributed by atoms with Gasteiger partial charge in [-0.2, -0.15) is 0 Å². The van der Waals surface area contributed by atoms with Crippen molar-refractivity contribution in [3.8, 4) is 11.5 Å². The van der Waals surface area contributed by atoms with Crippen LogP contribution in [0.25, 0.3) is 0 Å². The van der Waals surface area contributed by atoms with Gasteiger partial charge in [-0.25, -0.2) is 0 Å². The lowest BCUT2D eigenvalue weighted by Gasteiger charge is -2.26. The molecule has 0 heterocycles. The minimum Gasteiger partial charge on any atom is -0.493 e. The zero-order valence-corrected chi connectivity index (χ0v) is 12.6. The summed E-state index contributed by atoms with van der Waals surface area (Å²) >= 11 is 6.07. The summed E-state index contributed by atoms with van der Waals surface area (Å²) in [5, 5.41) is 3.29. The first-order valence-corrected chi connectivity index (χ1v) is 7.25. The summed E-state index contributed by atoms with van der Waals surface area (Å²) in [6.45, 7) is 0. The van der Waals surface area contributed by atoms with Gasteiger partial charge in [0.15, 0.2) is 11.5 Å². The van der Waals surface area contributed by atoms with E-state index in [4.69, 9.17) is 21.1 Å². The number of carbonyl (C=O) groups excluding carboxylic acids is 1. The molecule has 0 saturated heterocycles. The molecule has 1 aliphatic rings. The van der Waals surface area contributed by atoms with Crippen molar-refractivity contribution in [2.75, 3.05) is 14.2 Å². The first-order chi connectivity index (χ1) is 9.65. The highest BCUT2D eigenvalue weighted by molar-refractivity contribution is 6.20. The number of hydrogen-bond donors (Lipinski definition) is 1. The van der Waals surface area contributed by atoms with Gasteiger partial charge in [-0.15, -0.1) is 11.6 Å². The molecule has 2 rings (SSSR count). The monoisotopic (exact) mass is 297 g/mol. The number of methoxy groups -OCH3 is 2. The lowest BCUT2D eigenvalue weighted by Crippen LogP contribution is -2.38. The van der Waals surface area contributed by atoms with Gasteiger partial charge in [0.05, 0.1) is 19.8 Å². The number of benzene rings is 1. The fraction of sp³-hybridized carbons (Fsp3) is 0.533. The maximum Gasteiger partial charge on any atom is 0.255 e. The number of para-hydroxylation sites is 1. The Balaban J connectivity index is 2.09. The third-order valence-electron chi connectivity index (χ3n) is 3.64. The smallest absolute Gasteiger partial charge is 0.255 e. The fourth-order valence-corrected chi connectivity index (χ4v) is 2.78. The van der Waals surface area contributed by atoms with Crippen molar-refractivity contribution in [2.24, 2.45) is 0 Å². The topological polar surface area (TPSA) is 47.6 Å². The van der Waals surface area contributed by atoms with Gasteiger partial charge in [0, 0.05) is 11.4 Å². The number of ether oxygens (including phenoxy) is 2. The van der Waals surface area contributed by atoms with Crippen LogP contribution >= 0.6 is 11.6 Å². The third-order valence-corrected chi connectivity index (χ3v) is 4.08. The number of halogens is 1. The molecule has 1 aromatic carbocycles. The van der Waals surface area contributed by atoms with Crippen molar-refractivity contribution in [1.29, 1.82) is 0 Å². The maximum atomic E-state index is 12.4. The predicted octanol–water partition coefficient (Wildman–Crippen LogP) is 2.98. The molecule has 110 valence electrons. The van der Waals surface area contributed by atoms with Crippen LogP contribution in [0, 0.1) is 0 Å². The Kier molecular flexibility index (Phi) is 5.12. The van der Waals surface area contributed by atoms with Crippen molar-refractivity contribution < 1.29 is 14.3 Å². The maximum absolute atomic E-state index is 12.4. The summed E-state index contributed by atoms with van der Waals surface area (Å²) < 4.78 is 10.5. The van der Waals surface area contributed by atoms with Crippen LogP contribution in [-0.4, -0.2) is 31.5 Å². The Bertz CT molecular complexity index is 470. The minimum atomic E-state index is -0.126. The molecule has 20 heavy (non-hydrogen) atoms. The summed E-state index contributed by atoms with van der Waals surface area (Å²) in [4.78, 5) is 12.4. The lowest BCUT2D eigenvalue weighted by atomic mass is 9.95. The van der Waals surface area contributed by atoms with Gasteiger partial charge in [0.1, 0.15) is 0 Å². The summed E-state index contributed by atoms with van der Waals surface area (Å²) in [7, 11) is 3.09. The number of rotatable bonds is 4. The van der Waals surface area contributed by atoms with Crippen LogP contribution in [-0.2, 0) is 0 Å². The number of nitrogens with one attached hydrogen (secondary N) is 1. The molecule has 1 aromatic rings. The molecule has 4 nitrogen and oxygen atoms in total. The van der Waals surface area contributed by atoms with Gasteiger partial charge in [-0.3, -0.25) is 4.79 Å². The molecule has 0 spiro atoms. The SMILES string of the molecule is COc1cccc(C(=O)NC2CCC(Cl)CC2)c1OC. The zero-order valence-electron chi connectivity index (χ0n) is 11.8. The van der Waals surface area contributed by atoms with Crippen LogP contribution in [0.1, 0.15) is 36.0 Å². The fourth-order valence-electron chi connectivity index (χ4n) is 2.53. The molecular formula is C15H20ClNO3. The van der Waals surface area contributed by atoms with Crippen LogP contribution in [0.15, 0.2) is 18.2 Å². The Morgan fingerprint density at radius 1 is 1.20 bits per heavy atom. The molecule has 0 aliphatic heterocycles. The van der Waals surface area contributed by atoms with Gasteiger partial charge in [0.2, 0.25) is 0 Å². The Hall–Kier alpha value is -1.42.